The molecule has 32 heavy (non-hydrogen) atoms. The standard InChI is InChI=1S/C24H34O4S4/c1-21-11-15-23(16-12-21)28-31(30-25)20-10-8-6-4-3-5-7-9-19-29-32(26,27)24-17-13-22(2)14-18-24/h11-18H,3-10,19-20H2,1-2H3. The second kappa shape index (κ2) is 14.9. The Balaban J connectivity index is 1.48. The zero-order valence-corrected chi connectivity index (χ0v) is 22.2. The Morgan fingerprint density at radius 2 is 1.25 bits per heavy atom. The third-order valence-electron chi connectivity index (χ3n) is 5.04. The van der Waals surface area contributed by atoms with Gasteiger partial charge in [0.25, 0.3) is 0 Å². The summed E-state index contributed by atoms with van der Waals surface area (Å²) in [6.07, 6.45) is 8.80. The molecule has 0 spiro atoms. The molecule has 0 heterocycles. The minimum absolute atomic E-state index is 0.399. The fraction of sp³-hybridized carbons (Fsp3) is 0.500. The van der Waals surface area contributed by atoms with Gasteiger partial charge in [-0.1, -0.05) is 73.9 Å². The number of unbranched alkanes of at least 4 members (excludes halogenated alkanes) is 7. The first-order valence-electron chi connectivity index (χ1n) is 11.1. The predicted octanol–water partition coefficient (Wildman–Crippen LogP) is 6.59. The van der Waals surface area contributed by atoms with Crippen LogP contribution >= 0.6 is 10.8 Å². The van der Waals surface area contributed by atoms with E-state index in [9.17, 15) is 12.6 Å². The van der Waals surface area contributed by atoms with Crippen LogP contribution in [0.5, 0.6) is 5.75 Å². The molecule has 0 fully saturated rings. The summed E-state index contributed by atoms with van der Waals surface area (Å²) in [4.78, 5) is 0.399. The van der Waals surface area contributed by atoms with E-state index in [1.807, 2.05) is 50.2 Å². The molecule has 1 unspecified atom stereocenters. The molecule has 0 saturated carbocycles. The largest absolute Gasteiger partial charge is 0.422 e. The Morgan fingerprint density at radius 3 is 1.81 bits per heavy atom. The van der Waals surface area contributed by atoms with E-state index in [-0.39, 0.29) is 0 Å². The Hall–Kier alpha value is -1.09. The monoisotopic (exact) mass is 514 g/mol. The van der Waals surface area contributed by atoms with Crippen molar-refractivity contribution >= 4 is 39.6 Å². The average molecular weight is 515 g/mol. The second-order valence-corrected chi connectivity index (χ2v) is 14.8. The molecule has 4 nitrogen and oxygen atoms in total. The van der Waals surface area contributed by atoms with Crippen molar-refractivity contribution < 1.29 is 16.8 Å². The highest BCUT2D eigenvalue weighted by molar-refractivity contribution is 8.72. The minimum Gasteiger partial charge on any atom is -0.422 e. The first-order valence-corrected chi connectivity index (χ1v) is 16.7. The molecular weight excluding hydrogens is 481 g/mol. The summed E-state index contributed by atoms with van der Waals surface area (Å²) in [7, 11) is -2.24. The van der Waals surface area contributed by atoms with Crippen molar-refractivity contribution in [3.63, 3.8) is 0 Å². The molecule has 0 aliphatic heterocycles. The van der Waals surface area contributed by atoms with Crippen molar-refractivity contribution in [1.82, 2.24) is 0 Å². The average Bonchev–Trinajstić information content (AvgIpc) is 2.78. The lowest BCUT2D eigenvalue weighted by atomic mass is 10.1. The van der Waals surface area contributed by atoms with E-state index >= 15 is 0 Å². The summed E-state index contributed by atoms with van der Waals surface area (Å²) < 4.78 is 41.7. The van der Waals surface area contributed by atoms with Crippen molar-refractivity contribution in [3.05, 3.63) is 59.7 Å². The van der Waals surface area contributed by atoms with Crippen LogP contribution in [0.3, 0.4) is 0 Å². The third-order valence-corrected chi connectivity index (χ3v) is 11.0. The van der Waals surface area contributed by atoms with Crippen LogP contribution < -0.4 is 4.18 Å². The van der Waals surface area contributed by atoms with E-state index in [1.54, 1.807) is 12.1 Å². The lowest BCUT2D eigenvalue weighted by Gasteiger charge is -2.08. The van der Waals surface area contributed by atoms with Gasteiger partial charge in [-0.3, -0.25) is 0 Å². The van der Waals surface area contributed by atoms with Gasteiger partial charge >= 0.3 is 0 Å². The van der Waals surface area contributed by atoms with Gasteiger partial charge in [0, 0.05) is 11.5 Å². The summed E-state index contributed by atoms with van der Waals surface area (Å²) in [6.45, 7) is 3.98. The van der Waals surface area contributed by atoms with E-state index in [0.717, 1.165) is 60.0 Å². The maximum atomic E-state index is 12.3. The topological polar surface area (TPSA) is 60.4 Å². The molecule has 0 bridgehead atoms. The van der Waals surface area contributed by atoms with E-state index in [1.165, 1.54) is 24.8 Å². The van der Waals surface area contributed by atoms with E-state index in [4.69, 9.17) is 4.18 Å². The molecule has 8 heteroatoms. The Morgan fingerprint density at radius 1 is 0.750 bits per heavy atom. The number of benzene rings is 2. The van der Waals surface area contributed by atoms with Gasteiger partial charge in [-0.15, -0.1) is 0 Å². The van der Waals surface area contributed by atoms with Gasteiger partial charge in [-0.05, 0) is 61.7 Å². The molecule has 0 saturated heterocycles. The van der Waals surface area contributed by atoms with Crippen LogP contribution in [-0.2, 0) is 28.8 Å². The highest BCUT2D eigenvalue weighted by atomic mass is 33.1. The van der Waals surface area contributed by atoms with Gasteiger partial charge in [-0.2, -0.15) is 0 Å². The first kappa shape index (κ1) is 27.2. The Kier molecular flexibility index (Phi) is 12.7. The molecule has 1 atom stereocenters. The normalized spacial score (nSPS) is 12.4. The molecule has 2 rings (SSSR count). The fourth-order valence-electron chi connectivity index (χ4n) is 3.11. The molecule has 0 amide bonds. The quantitative estimate of drug-likeness (QED) is 0.198. The zero-order chi connectivity index (χ0) is 23.2. The number of aryl methyl sites for hydroxylation is 2. The summed E-state index contributed by atoms with van der Waals surface area (Å²) in [5.74, 6) is 2.22. The number of hydrogen-bond donors (Lipinski definition) is 0. The van der Waals surface area contributed by atoms with E-state index in [2.05, 4.69) is 0 Å². The summed E-state index contributed by atoms with van der Waals surface area (Å²) in [6, 6.07) is 14.9. The maximum absolute atomic E-state index is 12.3. The molecule has 0 radical (unpaired) electrons. The van der Waals surface area contributed by atoms with Crippen molar-refractivity contribution in [2.75, 3.05) is 11.5 Å². The van der Waals surface area contributed by atoms with Crippen molar-refractivity contribution in [2.45, 2.75) is 70.1 Å². The van der Waals surface area contributed by atoms with Crippen LogP contribution in [0.15, 0.2) is 53.4 Å². The summed E-state index contributed by atoms with van der Waals surface area (Å²) >= 11 is 0. The number of hydrogen-bond acceptors (Lipinski definition) is 5. The third kappa shape index (κ3) is 10.7. The molecule has 0 N–H and O–H groups in total. The minimum atomic E-state index is -3.23. The highest BCUT2D eigenvalue weighted by Crippen LogP contribution is 2.25. The maximum Gasteiger partial charge on any atom is 0.229 e. The van der Waals surface area contributed by atoms with Crippen LogP contribution in [0.4, 0.5) is 0 Å². The van der Waals surface area contributed by atoms with Crippen molar-refractivity contribution in [3.8, 4) is 5.75 Å². The predicted molar refractivity (Wildman–Crippen MR) is 140 cm³/mol. The first-order chi connectivity index (χ1) is 15.4. The molecule has 0 aliphatic carbocycles. The van der Waals surface area contributed by atoms with Crippen LogP contribution in [-0.4, -0.2) is 24.1 Å². The SMILES string of the molecule is Cc1ccc(OS(CCCCCCCCCCSS(=O)(=O)c2ccc(C)cc2)=S=O)cc1. The van der Waals surface area contributed by atoms with Crippen molar-refractivity contribution in [2.24, 2.45) is 0 Å². The molecule has 0 aromatic heterocycles. The lowest BCUT2D eigenvalue weighted by Crippen LogP contribution is -2.05. The highest BCUT2D eigenvalue weighted by Gasteiger charge is 2.14. The fourth-order valence-corrected chi connectivity index (χ4v) is 7.84. The molecule has 2 aromatic rings. The second-order valence-electron chi connectivity index (χ2n) is 7.89. The summed E-state index contributed by atoms with van der Waals surface area (Å²) in [5, 5.41) is 0. The van der Waals surface area contributed by atoms with Crippen LogP contribution in [0.1, 0.15) is 62.5 Å². The van der Waals surface area contributed by atoms with Gasteiger partial charge in [0.15, 0.2) is 10.2 Å². The van der Waals surface area contributed by atoms with E-state index < -0.39 is 18.6 Å². The van der Waals surface area contributed by atoms with Gasteiger partial charge in [0.1, 0.15) is 5.75 Å². The smallest absolute Gasteiger partial charge is 0.229 e. The molecule has 178 valence electrons. The molecule has 0 aliphatic rings. The van der Waals surface area contributed by atoms with Gasteiger partial charge in [0.05, 0.1) is 14.6 Å². The lowest BCUT2D eigenvalue weighted by molar-refractivity contribution is 0.583. The van der Waals surface area contributed by atoms with Gasteiger partial charge in [0.2, 0.25) is 8.87 Å². The summed E-state index contributed by atoms with van der Waals surface area (Å²) in [5.41, 5.74) is 2.24. The van der Waals surface area contributed by atoms with Crippen LogP contribution in [0.2, 0.25) is 0 Å². The molecular formula is C24H34O4S4. The van der Waals surface area contributed by atoms with Gasteiger partial charge in [-0.25, -0.2) is 12.6 Å². The zero-order valence-electron chi connectivity index (χ0n) is 19.0. The van der Waals surface area contributed by atoms with Crippen LogP contribution in [0, 0.1) is 13.8 Å². The van der Waals surface area contributed by atoms with Gasteiger partial charge < -0.3 is 4.18 Å². The van der Waals surface area contributed by atoms with E-state index in [0.29, 0.717) is 20.9 Å². The Labute approximate surface area is 202 Å². The molecule has 2 aromatic carbocycles. The number of rotatable bonds is 15. The Bertz CT molecular complexity index is 964. The van der Waals surface area contributed by atoms with Crippen molar-refractivity contribution in [1.29, 1.82) is 0 Å². The van der Waals surface area contributed by atoms with Crippen LogP contribution in [0.25, 0.3) is 0 Å².